The molecule has 0 aliphatic carbocycles. The van der Waals surface area contributed by atoms with Gasteiger partial charge in [0.1, 0.15) is 5.75 Å². The molecule has 0 radical (unpaired) electrons. The van der Waals surface area contributed by atoms with Crippen molar-refractivity contribution in [2.45, 2.75) is 46.0 Å². The molecule has 0 saturated heterocycles. The van der Waals surface area contributed by atoms with E-state index in [-0.39, 0.29) is 0 Å². The van der Waals surface area contributed by atoms with Gasteiger partial charge in [-0.3, -0.25) is 0 Å². The Labute approximate surface area is 105 Å². The smallest absolute Gasteiger partial charge is 0.125 e. The van der Waals surface area contributed by atoms with Crippen molar-refractivity contribution in [3.05, 3.63) is 28.8 Å². The van der Waals surface area contributed by atoms with Crippen molar-refractivity contribution < 1.29 is 4.74 Å². The number of hydrogen-bond acceptors (Lipinski definition) is 2. The second-order valence-corrected chi connectivity index (χ2v) is 5.05. The van der Waals surface area contributed by atoms with Gasteiger partial charge in [-0.15, -0.1) is 0 Å². The summed E-state index contributed by atoms with van der Waals surface area (Å²) in [5, 5.41) is 0. The standard InChI is InChI=1S/C15H25NO/c1-10(2)14-13(11(3)8-9-16)7-6-12(4)15(14)17-5/h6-7,10-11H,8-9,16H2,1-5H3. The highest BCUT2D eigenvalue weighted by molar-refractivity contribution is 5.49. The number of ether oxygens (including phenoxy) is 1. The Hall–Kier alpha value is -1.02. The fourth-order valence-electron chi connectivity index (χ4n) is 2.43. The van der Waals surface area contributed by atoms with Crippen LogP contribution in [0.25, 0.3) is 0 Å². The topological polar surface area (TPSA) is 35.2 Å². The Morgan fingerprint density at radius 3 is 2.35 bits per heavy atom. The largest absolute Gasteiger partial charge is 0.496 e. The minimum atomic E-state index is 0.472. The van der Waals surface area contributed by atoms with E-state index in [4.69, 9.17) is 10.5 Å². The second kappa shape index (κ2) is 6.06. The summed E-state index contributed by atoms with van der Waals surface area (Å²) in [6.45, 7) is 9.51. The van der Waals surface area contributed by atoms with Crippen LogP contribution >= 0.6 is 0 Å². The van der Waals surface area contributed by atoms with E-state index >= 15 is 0 Å². The van der Waals surface area contributed by atoms with Crippen LogP contribution in [0, 0.1) is 6.92 Å². The molecule has 0 heterocycles. The lowest BCUT2D eigenvalue weighted by atomic mass is 9.86. The van der Waals surface area contributed by atoms with E-state index in [1.165, 1.54) is 16.7 Å². The van der Waals surface area contributed by atoms with Gasteiger partial charge in [0.2, 0.25) is 0 Å². The van der Waals surface area contributed by atoms with Gasteiger partial charge in [0.15, 0.2) is 0 Å². The van der Waals surface area contributed by atoms with Crippen molar-refractivity contribution >= 4 is 0 Å². The second-order valence-electron chi connectivity index (χ2n) is 5.05. The van der Waals surface area contributed by atoms with Crippen LogP contribution in [0.5, 0.6) is 5.75 Å². The molecule has 2 N–H and O–H groups in total. The highest BCUT2D eigenvalue weighted by Gasteiger charge is 2.18. The van der Waals surface area contributed by atoms with Crippen LogP contribution in [-0.2, 0) is 0 Å². The summed E-state index contributed by atoms with van der Waals surface area (Å²) in [6.07, 6.45) is 1.02. The molecule has 0 saturated carbocycles. The maximum absolute atomic E-state index is 5.66. The average Bonchev–Trinajstić information content (AvgIpc) is 2.28. The van der Waals surface area contributed by atoms with E-state index in [1.54, 1.807) is 7.11 Å². The number of hydrogen-bond donors (Lipinski definition) is 1. The number of aryl methyl sites for hydroxylation is 1. The lowest BCUT2D eigenvalue weighted by molar-refractivity contribution is 0.402. The molecule has 17 heavy (non-hydrogen) atoms. The Morgan fingerprint density at radius 2 is 1.88 bits per heavy atom. The first-order valence-corrected chi connectivity index (χ1v) is 6.40. The molecule has 1 rings (SSSR count). The molecule has 0 amide bonds. The molecule has 1 aromatic carbocycles. The molecule has 1 unspecified atom stereocenters. The molecule has 0 aliphatic rings. The number of benzene rings is 1. The van der Waals surface area contributed by atoms with Gasteiger partial charge in [0, 0.05) is 5.56 Å². The predicted octanol–water partition coefficient (Wildman–Crippen LogP) is 3.58. The number of rotatable bonds is 5. The Morgan fingerprint density at radius 1 is 1.24 bits per heavy atom. The molecule has 0 fully saturated rings. The lowest BCUT2D eigenvalue weighted by Gasteiger charge is -2.22. The molecule has 0 spiro atoms. The van der Waals surface area contributed by atoms with E-state index in [2.05, 4.69) is 39.8 Å². The quantitative estimate of drug-likeness (QED) is 0.846. The SMILES string of the molecule is COc1c(C)ccc(C(C)CCN)c1C(C)C. The summed E-state index contributed by atoms with van der Waals surface area (Å²) >= 11 is 0. The normalized spacial score (nSPS) is 12.9. The molecule has 1 atom stereocenters. The summed E-state index contributed by atoms with van der Waals surface area (Å²) < 4.78 is 5.58. The van der Waals surface area contributed by atoms with Gasteiger partial charge in [-0.25, -0.2) is 0 Å². The maximum atomic E-state index is 5.66. The van der Waals surface area contributed by atoms with Crippen LogP contribution in [0.2, 0.25) is 0 Å². The third-order valence-corrected chi connectivity index (χ3v) is 3.34. The van der Waals surface area contributed by atoms with Gasteiger partial charge < -0.3 is 10.5 Å². The summed E-state index contributed by atoms with van der Waals surface area (Å²) in [7, 11) is 1.76. The van der Waals surface area contributed by atoms with Gasteiger partial charge in [0.05, 0.1) is 7.11 Å². The van der Waals surface area contributed by atoms with Crippen LogP contribution < -0.4 is 10.5 Å². The third kappa shape index (κ3) is 3.01. The molecule has 2 nitrogen and oxygen atoms in total. The van der Waals surface area contributed by atoms with E-state index in [0.717, 1.165) is 18.7 Å². The van der Waals surface area contributed by atoms with Gasteiger partial charge in [0.25, 0.3) is 0 Å². The highest BCUT2D eigenvalue weighted by atomic mass is 16.5. The molecule has 1 aromatic rings. The average molecular weight is 235 g/mol. The van der Waals surface area contributed by atoms with Crippen LogP contribution in [0.3, 0.4) is 0 Å². The summed E-state index contributed by atoms with van der Waals surface area (Å²) in [5.74, 6) is 2.01. The zero-order valence-electron chi connectivity index (χ0n) is 11.7. The third-order valence-electron chi connectivity index (χ3n) is 3.34. The Bertz CT molecular complexity index is 371. The predicted molar refractivity (Wildman–Crippen MR) is 73.9 cm³/mol. The Balaban J connectivity index is 3.30. The van der Waals surface area contributed by atoms with Crippen molar-refractivity contribution in [1.29, 1.82) is 0 Å². The molecular formula is C15H25NO. The first-order chi connectivity index (χ1) is 8.02. The van der Waals surface area contributed by atoms with Gasteiger partial charge in [-0.2, -0.15) is 0 Å². The molecule has 0 bridgehead atoms. The molecule has 0 aromatic heterocycles. The fraction of sp³-hybridized carbons (Fsp3) is 0.600. The zero-order valence-corrected chi connectivity index (χ0v) is 11.7. The minimum absolute atomic E-state index is 0.472. The first-order valence-electron chi connectivity index (χ1n) is 6.40. The number of nitrogens with two attached hydrogens (primary N) is 1. The maximum Gasteiger partial charge on any atom is 0.125 e. The van der Waals surface area contributed by atoms with Crippen molar-refractivity contribution in [3.63, 3.8) is 0 Å². The van der Waals surface area contributed by atoms with Crippen molar-refractivity contribution in [2.75, 3.05) is 13.7 Å². The number of methoxy groups -OCH3 is 1. The van der Waals surface area contributed by atoms with E-state index in [1.807, 2.05) is 0 Å². The van der Waals surface area contributed by atoms with E-state index in [0.29, 0.717) is 11.8 Å². The first kappa shape index (κ1) is 14.0. The van der Waals surface area contributed by atoms with Crippen LogP contribution in [-0.4, -0.2) is 13.7 Å². The minimum Gasteiger partial charge on any atom is -0.496 e. The summed E-state index contributed by atoms with van der Waals surface area (Å²) in [5.41, 5.74) is 9.59. The highest BCUT2D eigenvalue weighted by Crippen LogP contribution is 2.37. The fourth-order valence-corrected chi connectivity index (χ4v) is 2.43. The summed E-state index contributed by atoms with van der Waals surface area (Å²) in [4.78, 5) is 0. The molecule has 2 heteroatoms. The van der Waals surface area contributed by atoms with Crippen molar-refractivity contribution in [3.8, 4) is 5.75 Å². The monoisotopic (exact) mass is 235 g/mol. The molecule has 96 valence electrons. The molecular weight excluding hydrogens is 210 g/mol. The van der Waals surface area contributed by atoms with Crippen molar-refractivity contribution in [1.82, 2.24) is 0 Å². The Kier molecular flexibility index (Phi) is 5.01. The van der Waals surface area contributed by atoms with Crippen LogP contribution in [0.15, 0.2) is 12.1 Å². The van der Waals surface area contributed by atoms with E-state index in [9.17, 15) is 0 Å². The van der Waals surface area contributed by atoms with Gasteiger partial charge in [-0.05, 0) is 42.9 Å². The lowest BCUT2D eigenvalue weighted by Crippen LogP contribution is -2.09. The van der Waals surface area contributed by atoms with Crippen LogP contribution in [0.1, 0.15) is 55.7 Å². The van der Waals surface area contributed by atoms with Gasteiger partial charge >= 0.3 is 0 Å². The van der Waals surface area contributed by atoms with Crippen molar-refractivity contribution in [2.24, 2.45) is 5.73 Å². The van der Waals surface area contributed by atoms with Gasteiger partial charge in [-0.1, -0.05) is 32.9 Å². The molecule has 0 aliphatic heterocycles. The zero-order chi connectivity index (χ0) is 13.0. The van der Waals surface area contributed by atoms with E-state index < -0.39 is 0 Å². The summed E-state index contributed by atoms with van der Waals surface area (Å²) in [6, 6.07) is 4.38. The van der Waals surface area contributed by atoms with Crippen LogP contribution in [0.4, 0.5) is 0 Å².